The number of benzene rings is 1. The lowest BCUT2D eigenvalue weighted by Gasteiger charge is -2.10. The highest BCUT2D eigenvalue weighted by atomic mass is 79.9. The Bertz CT molecular complexity index is 537. The molecule has 18 heavy (non-hydrogen) atoms. The lowest BCUT2D eigenvalue weighted by molar-refractivity contribution is 0.352. The Hall–Kier alpha value is -1.26. The Kier molecular flexibility index (Phi) is 3.39. The molecule has 1 aliphatic heterocycles. The summed E-state index contributed by atoms with van der Waals surface area (Å²) in [5.41, 5.74) is 3.73. The number of aromatic nitrogens is 1. The van der Waals surface area contributed by atoms with Crippen LogP contribution in [-0.2, 0) is 19.5 Å². The fourth-order valence-electron chi connectivity index (χ4n) is 2.29. The Morgan fingerprint density at radius 1 is 1.33 bits per heavy atom. The van der Waals surface area contributed by atoms with Gasteiger partial charge in [-0.1, -0.05) is 15.9 Å². The molecule has 0 bridgehead atoms. The van der Waals surface area contributed by atoms with E-state index in [4.69, 9.17) is 4.74 Å². The van der Waals surface area contributed by atoms with E-state index in [0.717, 1.165) is 36.3 Å². The van der Waals surface area contributed by atoms with Gasteiger partial charge in [-0.25, -0.2) is 0 Å². The minimum absolute atomic E-state index is 0.801. The maximum Gasteiger partial charge on any atom is 0.127 e. The zero-order valence-corrected chi connectivity index (χ0v) is 11.6. The minimum Gasteiger partial charge on any atom is -0.493 e. The largest absolute Gasteiger partial charge is 0.493 e. The van der Waals surface area contributed by atoms with Crippen LogP contribution in [0.5, 0.6) is 5.75 Å². The predicted molar refractivity (Wildman–Crippen MR) is 74.7 cm³/mol. The predicted octanol–water partition coefficient (Wildman–Crippen LogP) is 3.00. The molecule has 0 unspecified atom stereocenters. The number of ether oxygens (including phenoxy) is 1. The van der Waals surface area contributed by atoms with Gasteiger partial charge in [-0.15, -0.1) is 0 Å². The second kappa shape index (κ2) is 5.16. The molecule has 1 aliphatic rings. The fraction of sp³-hybridized carbons (Fsp3) is 0.286. The highest BCUT2D eigenvalue weighted by Gasteiger charge is 2.16. The van der Waals surface area contributed by atoms with Crippen LogP contribution in [0.1, 0.15) is 16.8 Å². The van der Waals surface area contributed by atoms with Crippen molar-refractivity contribution in [3.05, 3.63) is 51.8 Å². The molecule has 2 N–H and O–H groups in total. The molecular weight excluding hydrogens is 292 g/mol. The van der Waals surface area contributed by atoms with E-state index in [1.807, 2.05) is 12.3 Å². The van der Waals surface area contributed by atoms with E-state index >= 15 is 0 Å². The number of nitrogens with one attached hydrogen (secondary N) is 2. The third-order valence-corrected chi connectivity index (χ3v) is 3.58. The third kappa shape index (κ3) is 2.44. The lowest BCUT2D eigenvalue weighted by atomic mass is 10.1. The van der Waals surface area contributed by atoms with Crippen molar-refractivity contribution in [2.75, 3.05) is 6.61 Å². The molecule has 0 aliphatic carbocycles. The molecule has 3 nitrogen and oxygen atoms in total. The van der Waals surface area contributed by atoms with Crippen molar-refractivity contribution in [1.29, 1.82) is 0 Å². The van der Waals surface area contributed by atoms with Gasteiger partial charge in [0.2, 0.25) is 0 Å². The maximum absolute atomic E-state index is 5.70. The van der Waals surface area contributed by atoms with Gasteiger partial charge in [-0.05, 0) is 29.8 Å². The van der Waals surface area contributed by atoms with Gasteiger partial charge < -0.3 is 15.0 Å². The number of hydrogen-bond donors (Lipinski definition) is 2. The molecule has 1 aromatic heterocycles. The number of halogens is 1. The van der Waals surface area contributed by atoms with Gasteiger partial charge in [0.05, 0.1) is 6.61 Å². The van der Waals surface area contributed by atoms with Crippen molar-refractivity contribution < 1.29 is 4.74 Å². The standard InChI is InChI=1S/C14H15BrN2O/c15-12-6-10-3-5-18-14(10)11(7-12)8-16-9-13-2-1-4-17-13/h1-2,4,6-7,16-17H,3,5,8-9H2. The van der Waals surface area contributed by atoms with Crippen LogP contribution < -0.4 is 10.1 Å². The fourth-order valence-corrected chi connectivity index (χ4v) is 2.84. The van der Waals surface area contributed by atoms with Gasteiger partial charge in [0, 0.05) is 41.4 Å². The van der Waals surface area contributed by atoms with Crippen molar-refractivity contribution in [2.24, 2.45) is 0 Å². The summed E-state index contributed by atoms with van der Waals surface area (Å²) < 4.78 is 6.83. The van der Waals surface area contributed by atoms with Gasteiger partial charge in [0.25, 0.3) is 0 Å². The van der Waals surface area contributed by atoms with E-state index in [-0.39, 0.29) is 0 Å². The summed E-state index contributed by atoms with van der Waals surface area (Å²) in [6.07, 6.45) is 2.95. The smallest absolute Gasteiger partial charge is 0.127 e. The summed E-state index contributed by atoms with van der Waals surface area (Å²) in [5.74, 6) is 1.07. The Labute approximate surface area is 115 Å². The summed E-state index contributed by atoms with van der Waals surface area (Å²) in [7, 11) is 0. The van der Waals surface area contributed by atoms with Gasteiger partial charge >= 0.3 is 0 Å². The highest BCUT2D eigenvalue weighted by molar-refractivity contribution is 9.10. The van der Waals surface area contributed by atoms with Crippen LogP contribution in [0.25, 0.3) is 0 Å². The maximum atomic E-state index is 5.70. The molecule has 4 heteroatoms. The summed E-state index contributed by atoms with van der Waals surface area (Å²) in [6.45, 7) is 2.46. The van der Waals surface area contributed by atoms with E-state index in [9.17, 15) is 0 Å². The van der Waals surface area contributed by atoms with Crippen LogP contribution in [0.2, 0.25) is 0 Å². The van der Waals surface area contributed by atoms with E-state index in [1.165, 1.54) is 16.8 Å². The first-order chi connectivity index (χ1) is 8.83. The summed E-state index contributed by atoms with van der Waals surface area (Å²) >= 11 is 3.56. The van der Waals surface area contributed by atoms with Crippen LogP contribution in [0.3, 0.4) is 0 Å². The molecular formula is C14H15BrN2O. The Balaban J connectivity index is 1.69. The monoisotopic (exact) mass is 306 g/mol. The van der Waals surface area contributed by atoms with Crippen molar-refractivity contribution in [1.82, 2.24) is 10.3 Å². The molecule has 0 spiro atoms. The zero-order chi connectivity index (χ0) is 12.4. The highest BCUT2D eigenvalue weighted by Crippen LogP contribution is 2.32. The van der Waals surface area contributed by atoms with Gasteiger partial charge in [-0.2, -0.15) is 0 Å². The molecule has 0 saturated heterocycles. The van der Waals surface area contributed by atoms with E-state index in [0.29, 0.717) is 0 Å². The van der Waals surface area contributed by atoms with Crippen LogP contribution >= 0.6 is 15.9 Å². The lowest BCUT2D eigenvalue weighted by Crippen LogP contribution is -2.13. The molecule has 0 atom stereocenters. The second-order valence-electron chi connectivity index (χ2n) is 4.45. The molecule has 3 rings (SSSR count). The SMILES string of the molecule is Brc1cc2c(c(CNCc3ccc[nH]3)c1)OCC2. The van der Waals surface area contributed by atoms with Gasteiger partial charge in [0.15, 0.2) is 0 Å². The Morgan fingerprint density at radius 2 is 2.28 bits per heavy atom. The van der Waals surface area contributed by atoms with Crippen molar-refractivity contribution in [3.8, 4) is 5.75 Å². The number of hydrogen-bond acceptors (Lipinski definition) is 2. The van der Waals surface area contributed by atoms with Crippen molar-refractivity contribution in [3.63, 3.8) is 0 Å². The molecule has 0 amide bonds. The van der Waals surface area contributed by atoms with Crippen molar-refractivity contribution in [2.45, 2.75) is 19.5 Å². The van der Waals surface area contributed by atoms with Crippen LogP contribution in [0.4, 0.5) is 0 Å². The number of rotatable bonds is 4. The molecule has 0 radical (unpaired) electrons. The molecule has 2 heterocycles. The first-order valence-corrected chi connectivity index (χ1v) is 6.89. The summed E-state index contributed by atoms with van der Waals surface area (Å²) in [5, 5.41) is 3.43. The van der Waals surface area contributed by atoms with E-state index < -0.39 is 0 Å². The average Bonchev–Trinajstić information content (AvgIpc) is 2.98. The van der Waals surface area contributed by atoms with Gasteiger partial charge in [-0.3, -0.25) is 0 Å². The van der Waals surface area contributed by atoms with E-state index in [2.05, 4.69) is 44.4 Å². The number of H-pyrrole nitrogens is 1. The first-order valence-electron chi connectivity index (χ1n) is 6.10. The van der Waals surface area contributed by atoms with Crippen LogP contribution in [-0.4, -0.2) is 11.6 Å². The molecule has 1 aromatic carbocycles. The quantitative estimate of drug-likeness (QED) is 0.911. The molecule has 94 valence electrons. The summed E-state index contributed by atoms with van der Waals surface area (Å²) in [4.78, 5) is 3.18. The first kappa shape index (κ1) is 11.8. The average molecular weight is 307 g/mol. The zero-order valence-electron chi connectivity index (χ0n) is 10.0. The normalized spacial score (nSPS) is 13.4. The Morgan fingerprint density at radius 3 is 3.11 bits per heavy atom. The topological polar surface area (TPSA) is 37.0 Å². The third-order valence-electron chi connectivity index (χ3n) is 3.12. The van der Waals surface area contributed by atoms with Gasteiger partial charge in [0.1, 0.15) is 5.75 Å². The van der Waals surface area contributed by atoms with E-state index in [1.54, 1.807) is 0 Å². The van der Waals surface area contributed by atoms with Crippen molar-refractivity contribution >= 4 is 15.9 Å². The molecule has 0 fully saturated rings. The minimum atomic E-state index is 0.801. The molecule has 2 aromatic rings. The second-order valence-corrected chi connectivity index (χ2v) is 5.37. The number of aromatic amines is 1. The van der Waals surface area contributed by atoms with Crippen LogP contribution in [0, 0.1) is 0 Å². The molecule has 0 saturated carbocycles. The van der Waals surface area contributed by atoms with Crippen LogP contribution in [0.15, 0.2) is 34.9 Å². The summed E-state index contributed by atoms with van der Waals surface area (Å²) in [6, 6.07) is 8.37. The number of fused-ring (bicyclic) bond motifs is 1.